The zero-order valence-corrected chi connectivity index (χ0v) is 16.4. The normalized spacial score (nSPS) is 32.4. The molecule has 3 saturated heterocycles. The number of amides is 1. The van der Waals surface area contributed by atoms with Gasteiger partial charge in [-0.15, -0.1) is 0 Å². The summed E-state index contributed by atoms with van der Waals surface area (Å²) in [5.74, 6) is -0.326. The fourth-order valence-electron chi connectivity index (χ4n) is 5.41. The van der Waals surface area contributed by atoms with E-state index in [0.29, 0.717) is 54.0 Å². The lowest BCUT2D eigenvalue weighted by molar-refractivity contribution is -0.124. The van der Waals surface area contributed by atoms with E-state index in [1.165, 1.54) is 0 Å². The van der Waals surface area contributed by atoms with E-state index in [2.05, 4.69) is 22.1 Å². The van der Waals surface area contributed by atoms with Gasteiger partial charge in [-0.1, -0.05) is 0 Å². The first-order valence-corrected chi connectivity index (χ1v) is 10.4. The molecule has 6 nitrogen and oxygen atoms in total. The van der Waals surface area contributed by atoms with Crippen molar-refractivity contribution in [1.29, 1.82) is 0 Å². The van der Waals surface area contributed by atoms with Gasteiger partial charge in [-0.3, -0.25) is 4.79 Å². The number of rotatable bonds is 4. The molecule has 1 saturated carbocycles. The van der Waals surface area contributed by atoms with E-state index in [4.69, 9.17) is 4.98 Å². The molecule has 28 heavy (non-hydrogen) atoms. The Morgan fingerprint density at radius 2 is 2.04 bits per heavy atom. The number of hydrogen-bond donors (Lipinski definition) is 1. The Morgan fingerprint density at radius 3 is 2.64 bits per heavy atom. The molecule has 4 heterocycles. The standard InChI is InChI=1S/C20H27F2N5O/c1-11-4-6-27(11)19-24-17-14(3-5-20(17,21)22)18(25-19)26-9-12-7-13(10-26)15(12)8-16(28)23-2/h11-13,15H,3-10H2,1-2H3,(H,23,28)/t11-,12-,13+,15?/m0/s1. The molecule has 152 valence electrons. The second-order valence-electron chi connectivity index (χ2n) is 8.91. The van der Waals surface area contributed by atoms with Gasteiger partial charge < -0.3 is 15.1 Å². The number of carbonyl (C=O) groups is 1. The van der Waals surface area contributed by atoms with Gasteiger partial charge in [-0.25, -0.2) is 4.98 Å². The van der Waals surface area contributed by atoms with Crippen molar-refractivity contribution in [3.05, 3.63) is 11.3 Å². The van der Waals surface area contributed by atoms with E-state index in [9.17, 15) is 13.6 Å². The molecule has 1 unspecified atom stereocenters. The summed E-state index contributed by atoms with van der Waals surface area (Å²) >= 11 is 0. The van der Waals surface area contributed by atoms with Gasteiger partial charge in [-0.2, -0.15) is 13.8 Å². The second kappa shape index (κ2) is 6.26. The lowest BCUT2D eigenvalue weighted by Crippen LogP contribution is -2.56. The van der Waals surface area contributed by atoms with Gasteiger partial charge in [0.2, 0.25) is 11.9 Å². The summed E-state index contributed by atoms with van der Waals surface area (Å²) < 4.78 is 29.0. The zero-order valence-electron chi connectivity index (χ0n) is 16.4. The van der Waals surface area contributed by atoms with Crippen LogP contribution in [-0.2, 0) is 17.1 Å². The Hall–Kier alpha value is -1.99. The lowest BCUT2D eigenvalue weighted by Gasteiger charge is -2.54. The number of piperidine rings is 2. The second-order valence-corrected chi connectivity index (χ2v) is 8.91. The van der Waals surface area contributed by atoms with Crippen molar-refractivity contribution in [3.63, 3.8) is 0 Å². The molecule has 1 aromatic rings. The van der Waals surface area contributed by atoms with Crippen molar-refractivity contribution in [2.45, 2.75) is 51.0 Å². The third kappa shape index (κ3) is 2.67. The average molecular weight is 391 g/mol. The molecule has 2 aliphatic carbocycles. The number of aromatic nitrogens is 2. The number of halogens is 2. The molecule has 1 amide bonds. The highest BCUT2D eigenvalue weighted by atomic mass is 19.3. The highest BCUT2D eigenvalue weighted by Gasteiger charge is 2.50. The van der Waals surface area contributed by atoms with E-state index in [1.54, 1.807) is 7.05 Å². The minimum atomic E-state index is -2.86. The molecule has 0 spiro atoms. The van der Waals surface area contributed by atoms with Gasteiger partial charge >= 0.3 is 0 Å². The van der Waals surface area contributed by atoms with E-state index in [1.807, 2.05) is 4.90 Å². The Bertz CT molecular complexity index is 804. The summed E-state index contributed by atoms with van der Waals surface area (Å²) in [4.78, 5) is 25.1. The summed E-state index contributed by atoms with van der Waals surface area (Å²) in [6.07, 6.45) is 2.89. The van der Waals surface area contributed by atoms with E-state index in [-0.39, 0.29) is 18.0 Å². The van der Waals surface area contributed by atoms with Crippen LogP contribution < -0.4 is 15.1 Å². The molecule has 4 atom stereocenters. The molecular weight excluding hydrogens is 364 g/mol. The van der Waals surface area contributed by atoms with Gasteiger partial charge in [0.25, 0.3) is 5.92 Å². The number of alkyl halides is 2. The number of hydrogen-bond acceptors (Lipinski definition) is 5. The summed E-state index contributed by atoms with van der Waals surface area (Å²) in [6.45, 7) is 4.49. The molecule has 4 fully saturated rings. The molecule has 2 bridgehead atoms. The van der Waals surface area contributed by atoms with Crippen LogP contribution in [0.5, 0.6) is 0 Å². The number of carbonyl (C=O) groups excluding carboxylic acids is 1. The molecule has 8 heteroatoms. The number of nitrogens with one attached hydrogen (secondary N) is 1. The van der Waals surface area contributed by atoms with Crippen LogP contribution in [0.4, 0.5) is 20.5 Å². The van der Waals surface area contributed by atoms with Crippen LogP contribution in [0.2, 0.25) is 0 Å². The van der Waals surface area contributed by atoms with Crippen LogP contribution >= 0.6 is 0 Å². The van der Waals surface area contributed by atoms with Crippen LogP contribution in [0.3, 0.4) is 0 Å². The molecule has 0 radical (unpaired) electrons. The third-order valence-electron chi connectivity index (χ3n) is 7.31. The highest BCUT2D eigenvalue weighted by molar-refractivity contribution is 5.76. The predicted molar refractivity (Wildman–Crippen MR) is 102 cm³/mol. The van der Waals surface area contributed by atoms with E-state index >= 15 is 0 Å². The third-order valence-corrected chi connectivity index (χ3v) is 7.31. The molecule has 6 rings (SSSR count). The smallest absolute Gasteiger partial charge is 0.290 e. The monoisotopic (exact) mass is 391 g/mol. The number of fused-ring (bicyclic) bond motifs is 3. The summed E-state index contributed by atoms with van der Waals surface area (Å²) in [5.41, 5.74) is 0.568. The van der Waals surface area contributed by atoms with Crippen LogP contribution in [0.15, 0.2) is 0 Å². The maximum absolute atomic E-state index is 14.5. The fourth-order valence-corrected chi connectivity index (χ4v) is 5.41. The number of anilines is 2. The van der Waals surface area contributed by atoms with Crippen molar-refractivity contribution < 1.29 is 13.6 Å². The average Bonchev–Trinajstić information content (AvgIpc) is 2.99. The van der Waals surface area contributed by atoms with Crippen LogP contribution in [-0.4, -0.2) is 48.6 Å². The summed E-state index contributed by atoms with van der Waals surface area (Å²) in [5, 5.41) is 2.71. The highest BCUT2D eigenvalue weighted by Crippen LogP contribution is 2.50. The topological polar surface area (TPSA) is 61.4 Å². The Balaban J connectivity index is 1.44. The van der Waals surface area contributed by atoms with Gasteiger partial charge in [0, 0.05) is 51.1 Å². The summed E-state index contributed by atoms with van der Waals surface area (Å²) in [7, 11) is 1.67. The molecule has 1 N–H and O–H groups in total. The van der Waals surface area contributed by atoms with Crippen molar-refractivity contribution in [3.8, 4) is 0 Å². The lowest BCUT2D eigenvalue weighted by atomic mass is 9.60. The Morgan fingerprint density at radius 1 is 1.29 bits per heavy atom. The first-order chi connectivity index (χ1) is 13.4. The zero-order chi connectivity index (χ0) is 19.6. The quantitative estimate of drug-likeness (QED) is 0.854. The first kappa shape index (κ1) is 18.1. The van der Waals surface area contributed by atoms with Crippen LogP contribution in [0, 0.1) is 17.8 Å². The molecule has 0 aromatic carbocycles. The maximum Gasteiger partial charge on any atom is 0.290 e. The van der Waals surface area contributed by atoms with Gasteiger partial charge in [0.1, 0.15) is 11.5 Å². The van der Waals surface area contributed by atoms with Crippen molar-refractivity contribution in [2.24, 2.45) is 17.8 Å². The SMILES string of the molecule is CNC(=O)CC1[C@@H]2C[C@H]1CN(c1nc(N3CC[C@@H]3C)nc3c1CCC3(F)F)C2. The molecule has 5 aliphatic rings. The van der Waals surface area contributed by atoms with Gasteiger partial charge in [0.15, 0.2) is 0 Å². The molecule has 3 aliphatic heterocycles. The van der Waals surface area contributed by atoms with Crippen molar-refractivity contribution in [2.75, 3.05) is 36.5 Å². The minimum Gasteiger partial charge on any atom is -0.359 e. The fraction of sp³-hybridized carbons (Fsp3) is 0.750. The van der Waals surface area contributed by atoms with Gasteiger partial charge in [0.05, 0.1) is 0 Å². The Kier molecular flexibility index (Phi) is 4.04. The first-order valence-electron chi connectivity index (χ1n) is 10.4. The van der Waals surface area contributed by atoms with Crippen LogP contribution in [0.25, 0.3) is 0 Å². The maximum atomic E-state index is 14.5. The molecular formula is C20H27F2N5O. The molecule has 1 aromatic heterocycles. The largest absolute Gasteiger partial charge is 0.359 e. The van der Waals surface area contributed by atoms with E-state index < -0.39 is 5.92 Å². The van der Waals surface area contributed by atoms with E-state index in [0.717, 1.165) is 32.5 Å². The van der Waals surface area contributed by atoms with Crippen molar-refractivity contribution >= 4 is 17.7 Å². The van der Waals surface area contributed by atoms with Gasteiger partial charge in [-0.05, 0) is 43.9 Å². The minimum absolute atomic E-state index is 0.0623. The summed E-state index contributed by atoms with van der Waals surface area (Å²) in [6, 6.07) is 0.299. The number of nitrogens with zero attached hydrogens (tertiary/aromatic N) is 4. The predicted octanol–water partition coefficient (Wildman–Crippen LogP) is 2.32. The Labute approximate surface area is 163 Å². The van der Waals surface area contributed by atoms with Crippen molar-refractivity contribution in [1.82, 2.24) is 15.3 Å². The van der Waals surface area contributed by atoms with Crippen LogP contribution in [0.1, 0.15) is 43.9 Å².